The van der Waals surface area contributed by atoms with Crippen molar-refractivity contribution in [3.8, 4) is 0 Å². The Hall–Kier alpha value is -3.59. The van der Waals surface area contributed by atoms with Crippen LogP contribution in [0.15, 0.2) is 109 Å². The summed E-state index contributed by atoms with van der Waals surface area (Å²) in [5, 5.41) is 0. The van der Waals surface area contributed by atoms with Crippen molar-refractivity contribution in [3.05, 3.63) is 115 Å². The van der Waals surface area contributed by atoms with Gasteiger partial charge in [0, 0.05) is 23.0 Å². The number of para-hydroxylation sites is 3. The minimum absolute atomic E-state index is 0.0401. The molecule has 5 rings (SSSR count). The first-order valence-electron chi connectivity index (χ1n) is 9.96. The number of fused-ring (bicyclic) bond motifs is 3. The normalized spacial score (nSPS) is 19.0. The average Bonchev–Trinajstić information content (AvgIpc) is 3.13. The summed E-state index contributed by atoms with van der Waals surface area (Å²) >= 11 is 0. The highest BCUT2D eigenvalue weighted by atomic mass is 16.2. The summed E-state index contributed by atoms with van der Waals surface area (Å²) in [6, 6.07) is 28.5. The Balaban J connectivity index is 1.51. The number of amides is 1. The van der Waals surface area contributed by atoms with Gasteiger partial charge in [0.15, 0.2) is 0 Å². The highest BCUT2D eigenvalue weighted by molar-refractivity contribution is 6.01. The van der Waals surface area contributed by atoms with Crippen molar-refractivity contribution in [2.75, 3.05) is 16.3 Å². The molecule has 3 heteroatoms. The minimum Gasteiger partial charge on any atom is -0.332 e. The number of benzene rings is 3. The number of hydrogen-bond donors (Lipinski definition) is 0. The molecule has 0 spiro atoms. The van der Waals surface area contributed by atoms with Gasteiger partial charge in [-0.1, -0.05) is 78.9 Å². The van der Waals surface area contributed by atoms with Crippen molar-refractivity contribution < 1.29 is 4.79 Å². The Morgan fingerprint density at radius 1 is 0.759 bits per heavy atom. The zero-order valence-electron chi connectivity index (χ0n) is 16.1. The first-order chi connectivity index (χ1) is 14.3. The fraction of sp³-hybridized carbons (Fsp3) is 0.115. The van der Waals surface area contributed by atoms with Gasteiger partial charge in [-0.3, -0.25) is 4.79 Å². The SMILES string of the molecule is O=C(CN(c1ccccc1)c1ccccc1)N1c2ccccc2C2C=CC=CC21. The van der Waals surface area contributed by atoms with Crippen molar-refractivity contribution in [2.24, 2.45) is 0 Å². The van der Waals surface area contributed by atoms with Gasteiger partial charge in [-0.05, 0) is 35.9 Å². The Kier molecular flexibility index (Phi) is 4.49. The highest BCUT2D eigenvalue weighted by Gasteiger charge is 2.39. The number of hydrogen-bond acceptors (Lipinski definition) is 2. The van der Waals surface area contributed by atoms with Gasteiger partial charge in [0.25, 0.3) is 0 Å². The lowest BCUT2D eigenvalue weighted by Gasteiger charge is -2.31. The maximum absolute atomic E-state index is 13.6. The maximum Gasteiger partial charge on any atom is 0.247 e. The van der Waals surface area contributed by atoms with Crippen molar-refractivity contribution in [1.29, 1.82) is 0 Å². The summed E-state index contributed by atoms with van der Waals surface area (Å²) in [5.74, 6) is 0.319. The van der Waals surface area contributed by atoms with E-state index in [1.165, 1.54) is 5.56 Å². The Labute approximate surface area is 171 Å². The van der Waals surface area contributed by atoms with Gasteiger partial charge in [-0.25, -0.2) is 0 Å². The van der Waals surface area contributed by atoms with E-state index in [1.807, 2.05) is 77.7 Å². The van der Waals surface area contributed by atoms with Crippen molar-refractivity contribution in [1.82, 2.24) is 0 Å². The molecule has 2 unspecified atom stereocenters. The molecule has 0 bridgehead atoms. The van der Waals surface area contributed by atoms with Crippen LogP contribution in [0.4, 0.5) is 17.1 Å². The molecule has 3 aromatic rings. The molecule has 0 fully saturated rings. The first kappa shape index (κ1) is 17.5. The average molecular weight is 378 g/mol. The number of rotatable bonds is 4. The number of carbonyl (C=O) groups is 1. The molecule has 142 valence electrons. The second-order valence-corrected chi connectivity index (χ2v) is 7.37. The zero-order valence-corrected chi connectivity index (χ0v) is 16.1. The number of carbonyl (C=O) groups excluding carboxylic acids is 1. The highest BCUT2D eigenvalue weighted by Crippen LogP contribution is 2.43. The monoisotopic (exact) mass is 378 g/mol. The van der Waals surface area contributed by atoms with E-state index < -0.39 is 0 Å². The standard InChI is InChI=1S/C26H22N2O/c29-26(19-27(20-11-3-1-4-12-20)21-13-5-2-6-14-21)28-24-17-9-7-15-22(24)23-16-8-10-18-25(23)28/h1-18,22,24H,19H2. The second-order valence-electron chi connectivity index (χ2n) is 7.37. The first-order valence-corrected chi connectivity index (χ1v) is 9.96. The van der Waals surface area contributed by atoms with Crippen LogP contribution < -0.4 is 9.80 Å². The van der Waals surface area contributed by atoms with Crippen molar-refractivity contribution >= 4 is 23.0 Å². The summed E-state index contributed by atoms with van der Waals surface area (Å²) in [5.41, 5.74) is 4.26. The third kappa shape index (κ3) is 3.15. The molecular weight excluding hydrogens is 356 g/mol. The fourth-order valence-electron chi connectivity index (χ4n) is 4.34. The molecule has 0 saturated carbocycles. The molecule has 3 nitrogen and oxygen atoms in total. The summed E-state index contributed by atoms with van der Waals surface area (Å²) in [4.78, 5) is 17.7. The summed E-state index contributed by atoms with van der Waals surface area (Å²) in [6.07, 6.45) is 8.45. The number of nitrogens with zero attached hydrogens (tertiary/aromatic N) is 2. The van der Waals surface area contributed by atoms with Gasteiger partial charge in [0.2, 0.25) is 5.91 Å². The van der Waals surface area contributed by atoms with Crippen molar-refractivity contribution in [3.63, 3.8) is 0 Å². The van der Waals surface area contributed by atoms with Crippen LogP contribution >= 0.6 is 0 Å². The van der Waals surface area contributed by atoms with Crippen LogP contribution in [-0.2, 0) is 4.79 Å². The molecule has 2 aliphatic rings. The molecule has 29 heavy (non-hydrogen) atoms. The van der Waals surface area contributed by atoms with Gasteiger partial charge >= 0.3 is 0 Å². The van der Waals surface area contributed by atoms with E-state index in [-0.39, 0.29) is 24.4 Å². The lowest BCUT2D eigenvalue weighted by atomic mass is 9.91. The Bertz CT molecular complexity index is 1030. The molecule has 0 aromatic heterocycles. The van der Waals surface area contributed by atoms with Gasteiger partial charge in [-0.2, -0.15) is 0 Å². The molecule has 1 amide bonds. The predicted octanol–water partition coefficient (Wildman–Crippen LogP) is 5.45. The Morgan fingerprint density at radius 3 is 2.03 bits per heavy atom. The molecule has 1 heterocycles. The minimum atomic E-state index is 0.0401. The van der Waals surface area contributed by atoms with E-state index in [0.717, 1.165) is 17.1 Å². The van der Waals surface area contributed by atoms with E-state index in [1.54, 1.807) is 0 Å². The second kappa shape index (κ2) is 7.44. The van der Waals surface area contributed by atoms with E-state index >= 15 is 0 Å². The van der Waals surface area contributed by atoms with Crippen LogP contribution in [0.3, 0.4) is 0 Å². The molecular formula is C26H22N2O. The zero-order chi connectivity index (χ0) is 19.6. The molecule has 0 radical (unpaired) electrons. The van der Waals surface area contributed by atoms with Gasteiger partial charge in [0.05, 0.1) is 6.04 Å². The van der Waals surface area contributed by atoms with E-state index in [0.29, 0.717) is 0 Å². The lowest BCUT2D eigenvalue weighted by Crippen LogP contribution is -2.43. The third-order valence-corrected chi connectivity index (χ3v) is 5.66. The van der Waals surface area contributed by atoms with Crippen LogP contribution in [0.2, 0.25) is 0 Å². The quantitative estimate of drug-likeness (QED) is 0.603. The number of allylic oxidation sites excluding steroid dienone is 2. The van der Waals surface area contributed by atoms with Crippen LogP contribution in [0.5, 0.6) is 0 Å². The third-order valence-electron chi connectivity index (χ3n) is 5.66. The van der Waals surface area contributed by atoms with E-state index in [2.05, 4.69) is 41.3 Å². The van der Waals surface area contributed by atoms with Gasteiger partial charge in [-0.15, -0.1) is 0 Å². The van der Waals surface area contributed by atoms with E-state index in [4.69, 9.17) is 0 Å². The number of anilines is 3. The Morgan fingerprint density at radius 2 is 1.34 bits per heavy atom. The van der Waals surface area contributed by atoms with Crippen LogP contribution in [0.1, 0.15) is 11.5 Å². The molecule has 0 saturated heterocycles. The summed E-state index contributed by atoms with van der Waals surface area (Å²) < 4.78 is 0. The topological polar surface area (TPSA) is 23.6 Å². The molecule has 1 aliphatic heterocycles. The van der Waals surface area contributed by atoms with Crippen molar-refractivity contribution in [2.45, 2.75) is 12.0 Å². The molecule has 0 N–H and O–H groups in total. The van der Waals surface area contributed by atoms with Crippen LogP contribution in [0.25, 0.3) is 0 Å². The molecule has 1 aliphatic carbocycles. The largest absolute Gasteiger partial charge is 0.332 e. The summed E-state index contributed by atoms with van der Waals surface area (Å²) in [7, 11) is 0. The summed E-state index contributed by atoms with van der Waals surface area (Å²) in [6.45, 7) is 0.281. The maximum atomic E-state index is 13.6. The lowest BCUT2D eigenvalue weighted by molar-refractivity contribution is -0.117. The fourth-order valence-corrected chi connectivity index (χ4v) is 4.34. The molecule has 3 aromatic carbocycles. The van der Waals surface area contributed by atoms with Crippen LogP contribution in [0, 0.1) is 0 Å². The molecule has 2 atom stereocenters. The van der Waals surface area contributed by atoms with Gasteiger partial charge < -0.3 is 9.80 Å². The predicted molar refractivity (Wildman–Crippen MR) is 119 cm³/mol. The van der Waals surface area contributed by atoms with Crippen LogP contribution in [-0.4, -0.2) is 18.5 Å². The van der Waals surface area contributed by atoms with Gasteiger partial charge in [0.1, 0.15) is 6.54 Å². The van der Waals surface area contributed by atoms with E-state index in [9.17, 15) is 4.79 Å². The smallest absolute Gasteiger partial charge is 0.247 e.